The minimum absolute atomic E-state index is 0.0153. The normalized spacial score (nSPS) is 26.4. The molecule has 2 fully saturated rings. The van der Waals surface area contributed by atoms with Crippen molar-refractivity contribution in [2.24, 2.45) is 5.92 Å². The number of likely N-dealkylation sites (tertiary alicyclic amines) is 1. The van der Waals surface area contributed by atoms with Gasteiger partial charge in [-0.15, -0.1) is 0 Å². The van der Waals surface area contributed by atoms with Crippen LogP contribution in [0.2, 0.25) is 0 Å². The first-order valence-electron chi connectivity index (χ1n) is 10.2. The molecule has 2 amide bonds. The molecule has 0 aliphatic carbocycles. The fourth-order valence-electron chi connectivity index (χ4n) is 4.48. The van der Waals surface area contributed by atoms with E-state index >= 15 is 0 Å². The van der Waals surface area contributed by atoms with E-state index in [0.29, 0.717) is 25.1 Å². The fraction of sp³-hybridized carbons (Fsp3) is 0.789. The van der Waals surface area contributed by atoms with E-state index in [9.17, 15) is 18.0 Å². The van der Waals surface area contributed by atoms with Gasteiger partial charge in [-0.1, -0.05) is 19.8 Å². The Balaban J connectivity index is 1.74. The summed E-state index contributed by atoms with van der Waals surface area (Å²) in [5, 5.41) is 0. The molecular formula is C19H31N3O4S. The van der Waals surface area contributed by atoms with E-state index < -0.39 is 22.0 Å². The zero-order chi connectivity index (χ0) is 19.6. The Hall–Kier alpha value is -1.41. The minimum atomic E-state index is -3.66. The SMILES string of the molecule is CCC[C@H]1C(=O)N(S(=O)(=O)CC)C2=CCN(C(=O)CCN3CCCCC3)[C@@H]21. The zero-order valence-electron chi connectivity index (χ0n) is 16.4. The van der Waals surface area contributed by atoms with Crippen molar-refractivity contribution in [3.8, 4) is 0 Å². The Kier molecular flexibility index (Phi) is 6.25. The molecule has 0 radical (unpaired) electrons. The van der Waals surface area contributed by atoms with Crippen molar-refractivity contribution in [2.45, 2.75) is 58.4 Å². The highest BCUT2D eigenvalue weighted by molar-refractivity contribution is 7.89. The van der Waals surface area contributed by atoms with Crippen LogP contribution in [0.25, 0.3) is 0 Å². The third-order valence-electron chi connectivity index (χ3n) is 5.92. The van der Waals surface area contributed by atoms with E-state index in [1.54, 1.807) is 17.9 Å². The van der Waals surface area contributed by atoms with Gasteiger partial charge in [0, 0.05) is 19.5 Å². The van der Waals surface area contributed by atoms with Gasteiger partial charge in [-0.3, -0.25) is 9.59 Å². The summed E-state index contributed by atoms with van der Waals surface area (Å²) < 4.78 is 25.9. The van der Waals surface area contributed by atoms with Gasteiger partial charge in [0.2, 0.25) is 21.8 Å². The molecule has 0 unspecified atom stereocenters. The molecular weight excluding hydrogens is 366 g/mol. The minimum Gasteiger partial charge on any atom is -0.329 e. The highest BCUT2D eigenvalue weighted by Gasteiger charge is 2.53. The quantitative estimate of drug-likeness (QED) is 0.652. The second-order valence-electron chi connectivity index (χ2n) is 7.67. The summed E-state index contributed by atoms with van der Waals surface area (Å²) in [6.07, 6.45) is 7.17. The number of fused-ring (bicyclic) bond motifs is 1. The van der Waals surface area contributed by atoms with Gasteiger partial charge < -0.3 is 9.80 Å². The molecule has 7 nitrogen and oxygen atoms in total. The molecule has 2 atom stereocenters. The smallest absolute Gasteiger partial charge is 0.246 e. The highest BCUT2D eigenvalue weighted by atomic mass is 32.2. The van der Waals surface area contributed by atoms with Crippen molar-refractivity contribution >= 4 is 21.8 Å². The van der Waals surface area contributed by atoms with Crippen LogP contribution < -0.4 is 0 Å². The van der Waals surface area contributed by atoms with Gasteiger partial charge in [0.25, 0.3) is 0 Å². The standard InChI is InChI=1S/C19H31N3O4S/c1-3-8-15-18-16(22(19(15)24)27(25,26)4-2)9-14-21(18)17(23)10-13-20-11-6-5-7-12-20/h9,15,18H,3-8,10-14H2,1-2H3/t15-,18-/m1/s1. The molecule has 3 rings (SSSR count). The van der Waals surface area contributed by atoms with Crippen LogP contribution in [0.15, 0.2) is 11.8 Å². The number of carbonyl (C=O) groups is 2. The van der Waals surface area contributed by atoms with Crippen LogP contribution in [-0.4, -0.2) is 72.3 Å². The average Bonchev–Trinajstić information content (AvgIpc) is 3.19. The average molecular weight is 398 g/mol. The van der Waals surface area contributed by atoms with E-state index in [1.165, 1.54) is 19.3 Å². The van der Waals surface area contributed by atoms with Crippen molar-refractivity contribution in [3.05, 3.63) is 11.8 Å². The first-order chi connectivity index (χ1) is 12.9. The zero-order valence-corrected chi connectivity index (χ0v) is 17.2. The van der Waals surface area contributed by atoms with Gasteiger partial charge >= 0.3 is 0 Å². The predicted molar refractivity (Wildman–Crippen MR) is 103 cm³/mol. The summed E-state index contributed by atoms with van der Waals surface area (Å²) in [7, 11) is -3.66. The van der Waals surface area contributed by atoms with Crippen LogP contribution >= 0.6 is 0 Å². The molecule has 0 bridgehead atoms. The van der Waals surface area contributed by atoms with Crippen molar-refractivity contribution in [3.63, 3.8) is 0 Å². The van der Waals surface area contributed by atoms with Gasteiger partial charge in [-0.05, 0) is 45.4 Å². The molecule has 0 spiro atoms. The Bertz CT molecular complexity index is 712. The van der Waals surface area contributed by atoms with Gasteiger partial charge in [-0.25, -0.2) is 12.7 Å². The maximum absolute atomic E-state index is 12.9. The lowest BCUT2D eigenvalue weighted by molar-refractivity contribution is -0.134. The van der Waals surface area contributed by atoms with Crippen molar-refractivity contribution in [2.75, 3.05) is 31.9 Å². The van der Waals surface area contributed by atoms with E-state index in [4.69, 9.17) is 0 Å². The molecule has 2 saturated heterocycles. The number of hydrogen-bond donors (Lipinski definition) is 0. The summed E-state index contributed by atoms with van der Waals surface area (Å²) >= 11 is 0. The topological polar surface area (TPSA) is 78.0 Å². The van der Waals surface area contributed by atoms with Crippen LogP contribution in [0.1, 0.15) is 52.4 Å². The van der Waals surface area contributed by atoms with Crippen LogP contribution in [0.5, 0.6) is 0 Å². The predicted octanol–water partition coefficient (Wildman–Crippen LogP) is 1.57. The third-order valence-corrected chi connectivity index (χ3v) is 7.60. The third kappa shape index (κ3) is 3.92. The Morgan fingerprint density at radius 3 is 2.52 bits per heavy atom. The molecule has 152 valence electrons. The summed E-state index contributed by atoms with van der Waals surface area (Å²) in [6.45, 7) is 6.73. The van der Waals surface area contributed by atoms with Gasteiger partial charge in [-0.2, -0.15) is 0 Å². The number of amides is 2. The molecule has 0 aromatic rings. The summed E-state index contributed by atoms with van der Waals surface area (Å²) in [6, 6.07) is -0.423. The number of sulfonamides is 1. The molecule has 8 heteroatoms. The molecule has 3 aliphatic rings. The van der Waals surface area contributed by atoms with E-state index in [2.05, 4.69) is 4.90 Å². The van der Waals surface area contributed by atoms with E-state index in [0.717, 1.165) is 30.4 Å². The van der Waals surface area contributed by atoms with Crippen LogP contribution in [-0.2, 0) is 19.6 Å². The molecule has 3 aliphatic heterocycles. The molecule has 3 heterocycles. The van der Waals surface area contributed by atoms with Gasteiger partial charge in [0.05, 0.1) is 23.4 Å². The van der Waals surface area contributed by atoms with Crippen LogP contribution in [0.4, 0.5) is 0 Å². The number of rotatable bonds is 7. The maximum atomic E-state index is 12.9. The Morgan fingerprint density at radius 2 is 1.89 bits per heavy atom. The second kappa shape index (κ2) is 8.31. The van der Waals surface area contributed by atoms with Crippen molar-refractivity contribution in [1.29, 1.82) is 0 Å². The van der Waals surface area contributed by atoms with E-state index in [1.807, 2.05) is 6.92 Å². The summed E-state index contributed by atoms with van der Waals surface area (Å²) in [5.41, 5.74) is 0.492. The first kappa shape index (κ1) is 20.3. The number of hydrogen-bond acceptors (Lipinski definition) is 5. The lowest BCUT2D eigenvalue weighted by atomic mass is 9.96. The first-order valence-corrected chi connectivity index (χ1v) is 11.8. The molecule has 27 heavy (non-hydrogen) atoms. The molecule has 0 N–H and O–H groups in total. The maximum Gasteiger partial charge on any atom is 0.246 e. The van der Waals surface area contributed by atoms with Gasteiger partial charge in [0.1, 0.15) is 0 Å². The van der Waals surface area contributed by atoms with Gasteiger partial charge in [0.15, 0.2) is 0 Å². The fourth-order valence-corrected chi connectivity index (χ4v) is 5.65. The molecule has 0 saturated carbocycles. The highest BCUT2D eigenvalue weighted by Crippen LogP contribution is 2.40. The van der Waals surface area contributed by atoms with Crippen LogP contribution in [0.3, 0.4) is 0 Å². The second-order valence-corrected chi connectivity index (χ2v) is 9.78. The lowest BCUT2D eigenvalue weighted by Gasteiger charge is -2.30. The Morgan fingerprint density at radius 1 is 1.19 bits per heavy atom. The summed E-state index contributed by atoms with van der Waals surface area (Å²) in [5.74, 6) is -0.932. The van der Waals surface area contributed by atoms with Crippen molar-refractivity contribution in [1.82, 2.24) is 14.1 Å². The number of carbonyl (C=O) groups excluding carboxylic acids is 2. The van der Waals surface area contributed by atoms with Crippen molar-refractivity contribution < 1.29 is 18.0 Å². The Labute approximate surface area is 162 Å². The lowest BCUT2D eigenvalue weighted by Crippen LogP contribution is -2.42. The largest absolute Gasteiger partial charge is 0.329 e. The monoisotopic (exact) mass is 397 g/mol. The summed E-state index contributed by atoms with van der Waals surface area (Å²) in [4.78, 5) is 29.8. The van der Waals surface area contributed by atoms with Crippen LogP contribution in [0, 0.1) is 5.92 Å². The number of piperidine rings is 1. The van der Waals surface area contributed by atoms with E-state index in [-0.39, 0.29) is 17.6 Å². The molecule has 0 aromatic carbocycles. The number of nitrogens with zero attached hydrogens (tertiary/aromatic N) is 3. The molecule has 0 aromatic heterocycles.